The maximum Gasteiger partial charge on any atom is 0.123 e. The van der Waals surface area contributed by atoms with Gasteiger partial charge in [-0.25, -0.2) is 4.39 Å². The Hall–Kier alpha value is -0.510. The van der Waals surface area contributed by atoms with E-state index >= 15 is 0 Å². The zero-order chi connectivity index (χ0) is 8.43. The molecule has 0 aliphatic rings. The highest BCUT2D eigenvalue weighted by Crippen LogP contribution is 2.18. The second kappa shape index (κ2) is 6.02. The van der Waals surface area contributed by atoms with Crippen molar-refractivity contribution in [2.45, 2.75) is 13.0 Å². The van der Waals surface area contributed by atoms with Crippen molar-refractivity contribution in [1.29, 1.82) is 0 Å². The molecule has 0 aliphatic carbocycles. The normalized spacial score (nSPS) is 11.0. The van der Waals surface area contributed by atoms with Crippen LogP contribution in [0.2, 0.25) is 0 Å². The van der Waals surface area contributed by atoms with Crippen LogP contribution >= 0.6 is 24.8 Å². The van der Waals surface area contributed by atoms with Gasteiger partial charge >= 0.3 is 0 Å². The Kier molecular flexibility index (Phi) is 6.94. The predicted octanol–water partition coefficient (Wildman–Crippen LogP) is 2.27. The third-order valence-electron chi connectivity index (χ3n) is 1.54. The zero-order valence-corrected chi connectivity index (χ0v) is 8.79. The molecule has 0 bridgehead atoms. The standard InChI is InChI=1S/C8H11FN2.2ClH/c1-5(10)7-4-6(9)2-3-8(7)11;;/h2-5H,10-11H2,1H3;2*1H. The Morgan fingerprint density at radius 1 is 1.31 bits per heavy atom. The lowest BCUT2D eigenvalue weighted by molar-refractivity contribution is 0.623. The van der Waals surface area contributed by atoms with Crippen molar-refractivity contribution in [3.8, 4) is 0 Å². The van der Waals surface area contributed by atoms with Gasteiger partial charge in [-0.3, -0.25) is 0 Å². The van der Waals surface area contributed by atoms with Gasteiger partial charge in [0.15, 0.2) is 0 Å². The molecule has 0 spiro atoms. The number of anilines is 1. The molecule has 0 fully saturated rings. The van der Waals surface area contributed by atoms with Gasteiger partial charge in [-0.2, -0.15) is 0 Å². The molecule has 0 radical (unpaired) electrons. The molecule has 0 saturated heterocycles. The predicted molar refractivity (Wildman–Crippen MR) is 57.9 cm³/mol. The summed E-state index contributed by atoms with van der Waals surface area (Å²) in [5, 5.41) is 0. The molecule has 1 rings (SSSR count). The number of nitrogen functional groups attached to an aromatic ring is 1. The summed E-state index contributed by atoms with van der Waals surface area (Å²) in [6, 6.07) is 3.99. The molecule has 0 aliphatic heterocycles. The van der Waals surface area contributed by atoms with Gasteiger partial charge in [0.25, 0.3) is 0 Å². The van der Waals surface area contributed by atoms with Gasteiger partial charge in [0.05, 0.1) is 0 Å². The van der Waals surface area contributed by atoms with E-state index in [4.69, 9.17) is 11.5 Å². The van der Waals surface area contributed by atoms with Gasteiger partial charge in [0, 0.05) is 11.7 Å². The van der Waals surface area contributed by atoms with Gasteiger partial charge in [0.2, 0.25) is 0 Å². The molecule has 5 heteroatoms. The third-order valence-corrected chi connectivity index (χ3v) is 1.54. The van der Waals surface area contributed by atoms with Crippen molar-refractivity contribution in [1.82, 2.24) is 0 Å². The van der Waals surface area contributed by atoms with E-state index in [0.717, 1.165) is 0 Å². The molecule has 1 atom stereocenters. The first-order valence-corrected chi connectivity index (χ1v) is 3.42. The average molecular weight is 227 g/mol. The maximum atomic E-state index is 12.6. The molecule has 0 aromatic heterocycles. The average Bonchev–Trinajstić information content (AvgIpc) is 1.94. The van der Waals surface area contributed by atoms with Crippen molar-refractivity contribution in [3.05, 3.63) is 29.6 Å². The van der Waals surface area contributed by atoms with E-state index in [2.05, 4.69) is 0 Å². The summed E-state index contributed by atoms with van der Waals surface area (Å²) in [4.78, 5) is 0. The van der Waals surface area contributed by atoms with Gasteiger partial charge in [0.1, 0.15) is 5.82 Å². The largest absolute Gasteiger partial charge is 0.398 e. The first-order chi connectivity index (χ1) is 5.11. The van der Waals surface area contributed by atoms with Crippen molar-refractivity contribution in [3.63, 3.8) is 0 Å². The van der Waals surface area contributed by atoms with Crippen LogP contribution in [0.15, 0.2) is 18.2 Å². The van der Waals surface area contributed by atoms with E-state index in [1.165, 1.54) is 18.2 Å². The van der Waals surface area contributed by atoms with Crippen LogP contribution in [0.25, 0.3) is 0 Å². The fourth-order valence-corrected chi connectivity index (χ4v) is 0.940. The minimum Gasteiger partial charge on any atom is -0.398 e. The quantitative estimate of drug-likeness (QED) is 0.723. The SMILES string of the molecule is CC(N)c1cc(F)ccc1N.Cl.Cl. The number of hydrogen-bond donors (Lipinski definition) is 2. The lowest BCUT2D eigenvalue weighted by atomic mass is 10.1. The highest BCUT2D eigenvalue weighted by molar-refractivity contribution is 5.85. The van der Waals surface area contributed by atoms with E-state index in [1.54, 1.807) is 6.92 Å². The minimum absolute atomic E-state index is 0. The Bertz CT molecular complexity index is 266. The van der Waals surface area contributed by atoms with E-state index < -0.39 is 0 Å². The van der Waals surface area contributed by atoms with E-state index in [0.29, 0.717) is 11.3 Å². The molecule has 0 heterocycles. The summed E-state index contributed by atoms with van der Waals surface area (Å²) in [7, 11) is 0. The fraction of sp³-hybridized carbons (Fsp3) is 0.250. The van der Waals surface area contributed by atoms with Crippen molar-refractivity contribution in [2.24, 2.45) is 5.73 Å². The van der Waals surface area contributed by atoms with E-state index in [-0.39, 0.29) is 36.7 Å². The first-order valence-electron chi connectivity index (χ1n) is 3.42. The Morgan fingerprint density at radius 3 is 2.23 bits per heavy atom. The molecule has 4 N–H and O–H groups in total. The molecule has 0 amide bonds. The van der Waals surface area contributed by atoms with Crippen molar-refractivity contribution >= 4 is 30.5 Å². The molecule has 2 nitrogen and oxygen atoms in total. The summed E-state index contributed by atoms with van der Waals surface area (Å²) < 4.78 is 12.6. The monoisotopic (exact) mass is 226 g/mol. The van der Waals surface area contributed by atoms with Crippen LogP contribution < -0.4 is 11.5 Å². The summed E-state index contributed by atoms with van der Waals surface area (Å²) in [5.74, 6) is -0.300. The summed E-state index contributed by atoms with van der Waals surface area (Å²) >= 11 is 0. The molecule has 1 unspecified atom stereocenters. The molecule has 1 aromatic rings. The molecule has 13 heavy (non-hydrogen) atoms. The Labute approximate surface area is 89.3 Å². The van der Waals surface area contributed by atoms with Crippen molar-refractivity contribution in [2.75, 3.05) is 5.73 Å². The van der Waals surface area contributed by atoms with Crippen LogP contribution in [0, 0.1) is 5.82 Å². The summed E-state index contributed by atoms with van der Waals surface area (Å²) in [6.45, 7) is 1.77. The lowest BCUT2D eigenvalue weighted by Gasteiger charge is -2.08. The number of halogens is 3. The Balaban J connectivity index is 0. The first kappa shape index (κ1) is 15.0. The zero-order valence-electron chi connectivity index (χ0n) is 7.16. The maximum absolute atomic E-state index is 12.6. The van der Waals surface area contributed by atoms with Crippen LogP contribution in [-0.2, 0) is 0 Å². The third kappa shape index (κ3) is 3.81. The van der Waals surface area contributed by atoms with Crippen LogP contribution in [0.1, 0.15) is 18.5 Å². The lowest BCUT2D eigenvalue weighted by Crippen LogP contribution is -2.08. The fourth-order valence-electron chi connectivity index (χ4n) is 0.940. The molecular weight excluding hydrogens is 214 g/mol. The van der Waals surface area contributed by atoms with Gasteiger partial charge < -0.3 is 11.5 Å². The number of hydrogen-bond acceptors (Lipinski definition) is 2. The van der Waals surface area contributed by atoms with Crippen LogP contribution in [0.4, 0.5) is 10.1 Å². The van der Waals surface area contributed by atoms with Gasteiger partial charge in [-0.05, 0) is 30.7 Å². The number of nitrogens with two attached hydrogens (primary N) is 2. The molecular formula is C8H13Cl2FN2. The smallest absolute Gasteiger partial charge is 0.123 e. The van der Waals surface area contributed by atoms with Gasteiger partial charge in [-0.1, -0.05) is 0 Å². The molecule has 76 valence electrons. The van der Waals surface area contributed by atoms with E-state index in [9.17, 15) is 4.39 Å². The Morgan fingerprint density at radius 2 is 1.85 bits per heavy atom. The minimum atomic E-state index is -0.300. The molecule has 1 aromatic carbocycles. The summed E-state index contributed by atoms with van der Waals surface area (Å²) in [5.41, 5.74) is 12.3. The number of benzene rings is 1. The second-order valence-corrected chi connectivity index (χ2v) is 2.56. The number of rotatable bonds is 1. The molecule has 0 saturated carbocycles. The van der Waals surface area contributed by atoms with Crippen LogP contribution in [-0.4, -0.2) is 0 Å². The second-order valence-electron chi connectivity index (χ2n) is 2.56. The van der Waals surface area contributed by atoms with Crippen LogP contribution in [0.5, 0.6) is 0 Å². The highest BCUT2D eigenvalue weighted by Gasteiger charge is 2.04. The van der Waals surface area contributed by atoms with Crippen molar-refractivity contribution < 1.29 is 4.39 Å². The topological polar surface area (TPSA) is 52.0 Å². The van der Waals surface area contributed by atoms with E-state index in [1.807, 2.05) is 0 Å². The van der Waals surface area contributed by atoms with Crippen LogP contribution in [0.3, 0.4) is 0 Å². The highest BCUT2D eigenvalue weighted by atomic mass is 35.5. The van der Waals surface area contributed by atoms with Gasteiger partial charge in [-0.15, -0.1) is 24.8 Å². The summed E-state index contributed by atoms with van der Waals surface area (Å²) in [6.07, 6.45) is 0.